The molecule has 82 valence electrons. The van der Waals surface area contributed by atoms with Crippen LogP contribution in [0.5, 0.6) is 0 Å². The number of hydrogen-bond acceptors (Lipinski definition) is 5. The van der Waals surface area contributed by atoms with Crippen molar-refractivity contribution < 1.29 is 14.6 Å². The Kier molecular flexibility index (Phi) is 2.55. The number of carbonyl (C=O) groups excluding carboxylic acids is 1. The molecule has 0 atom stereocenters. The number of nitrogens with two attached hydrogens (primary N) is 1. The second kappa shape index (κ2) is 3.85. The molecule has 0 unspecified atom stereocenters. The van der Waals surface area contributed by atoms with Crippen LogP contribution >= 0.6 is 0 Å². The van der Waals surface area contributed by atoms with E-state index in [1.165, 1.54) is 6.20 Å². The summed E-state index contributed by atoms with van der Waals surface area (Å²) in [6, 6.07) is 0.138. The lowest BCUT2D eigenvalue weighted by molar-refractivity contribution is 0.0206. The maximum Gasteiger partial charge on any atom is 0.404 e. The van der Waals surface area contributed by atoms with Crippen LogP contribution in [0.3, 0.4) is 0 Å². The Balaban J connectivity index is 1.91. The molecule has 1 fully saturated rings. The lowest BCUT2D eigenvalue weighted by Crippen LogP contribution is -2.37. The fraction of sp³-hybridized carbons (Fsp3) is 0.625. The first kappa shape index (κ1) is 9.91. The number of aromatic nitrogens is 3. The summed E-state index contributed by atoms with van der Waals surface area (Å²) in [4.78, 5) is 10.4. The van der Waals surface area contributed by atoms with Gasteiger partial charge in [-0.05, 0) is 0 Å². The van der Waals surface area contributed by atoms with E-state index in [1.807, 2.05) is 0 Å². The number of hydrogen-bond donors (Lipinski definition) is 2. The van der Waals surface area contributed by atoms with Crippen molar-refractivity contribution in [2.24, 2.45) is 5.73 Å². The molecule has 1 amide bonds. The minimum atomic E-state index is -0.751. The van der Waals surface area contributed by atoms with Crippen LogP contribution in [0, 0.1) is 0 Å². The SMILES string of the molecule is NC(=O)OC1CC(n2nncc2CO)C1. The Morgan fingerprint density at radius 3 is 3.07 bits per heavy atom. The van der Waals surface area contributed by atoms with Crippen molar-refractivity contribution in [3.05, 3.63) is 11.9 Å². The molecule has 0 spiro atoms. The maximum atomic E-state index is 10.4. The zero-order valence-electron chi connectivity index (χ0n) is 8.04. The van der Waals surface area contributed by atoms with Gasteiger partial charge >= 0.3 is 6.09 Å². The first-order valence-electron chi connectivity index (χ1n) is 4.66. The van der Waals surface area contributed by atoms with Gasteiger partial charge in [0.05, 0.1) is 24.5 Å². The molecule has 0 radical (unpaired) electrons. The van der Waals surface area contributed by atoms with Gasteiger partial charge in [0.2, 0.25) is 0 Å². The normalized spacial score (nSPS) is 24.6. The molecule has 7 nitrogen and oxygen atoms in total. The number of rotatable bonds is 3. The van der Waals surface area contributed by atoms with Crippen LogP contribution in [0.15, 0.2) is 6.20 Å². The standard InChI is InChI=1S/C8H12N4O3/c9-8(14)15-7-1-5(2-7)12-6(4-13)3-10-11-12/h3,5,7,13H,1-2,4H2,(H2,9,14). The topological polar surface area (TPSA) is 103 Å². The molecular weight excluding hydrogens is 200 g/mol. The van der Waals surface area contributed by atoms with E-state index in [0.717, 1.165) is 0 Å². The first-order valence-corrected chi connectivity index (χ1v) is 4.66. The van der Waals surface area contributed by atoms with Gasteiger partial charge < -0.3 is 15.6 Å². The summed E-state index contributed by atoms with van der Waals surface area (Å²) in [6.07, 6.45) is 1.96. The van der Waals surface area contributed by atoms with Gasteiger partial charge in [0.15, 0.2) is 0 Å². The highest BCUT2D eigenvalue weighted by atomic mass is 16.6. The van der Waals surface area contributed by atoms with Crippen LogP contribution < -0.4 is 5.73 Å². The molecule has 1 aliphatic rings. The van der Waals surface area contributed by atoms with Crippen molar-refractivity contribution in [1.82, 2.24) is 15.0 Å². The van der Waals surface area contributed by atoms with Gasteiger partial charge in [-0.2, -0.15) is 0 Å². The predicted molar refractivity (Wildman–Crippen MR) is 48.7 cm³/mol. The number of carbonyl (C=O) groups is 1. The highest BCUT2D eigenvalue weighted by molar-refractivity contribution is 5.64. The largest absolute Gasteiger partial charge is 0.446 e. The predicted octanol–water partition coefficient (Wildman–Crippen LogP) is -0.431. The Hall–Kier alpha value is -1.63. The van der Waals surface area contributed by atoms with E-state index in [1.54, 1.807) is 4.68 Å². The quantitative estimate of drug-likeness (QED) is 0.707. The molecule has 1 aromatic heterocycles. The third-order valence-electron chi connectivity index (χ3n) is 2.51. The number of ether oxygens (including phenoxy) is 1. The maximum absolute atomic E-state index is 10.4. The average Bonchev–Trinajstić information content (AvgIpc) is 2.57. The number of nitrogens with zero attached hydrogens (tertiary/aromatic N) is 3. The lowest BCUT2D eigenvalue weighted by Gasteiger charge is -2.34. The second-order valence-electron chi connectivity index (χ2n) is 3.51. The summed E-state index contributed by atoms with van der Waals surface area (Å²) in [5, 5.41) is 16.5. The van der Waals surface area contributed by atoms with Gasteiger partial charge in [0.25, 0.3) is 0 Å². The summed E-state index contributed by atoms with van der Waals surface area (Å²) in [6.45, 7) is -0.0924. The van der Waals surface area contributed by atoms with E-state index in [2.05, 4.69) is 10.3 Å². The van der Waals surface area contributed by atoms with Crippen LogP contribution in [0.2, 0.25) is 0 Å². The molecule has 15 heavy (non-hydrogen) atoms. The molecule has 1 aromatic rings. The Labute approximate surface area is 85.8 Å². The van der Waals surface area contributed by atoms with Crippen LogP contribution in [-0.4, -0.2) is 32.3 Å². The number of amides is 1. The van der Waals surface area contributed by atoms with Gasteiger partial charge in [0, 0.05) is 12.8 Å². The summed E-state index contributed by atoms with van der Waals surface area (Å²) in [5.41, 5.74) is 5.55. The van der Waals surface area contributed by atoms with Crippen LogP contribution in [0.4, 0.5) is 4.79 Å². The van der Waals surface area contributed by atoms with Gasteiger partial charge in [-0.3, -0.25) is 0 Å². The monoisotopic (exact) mass is 212 g/mol. The number of aliphatic hydroxyl groups excluding tert-OH is 1. The van der Waals surface area contributed by atoms with Gasteiger partial charge in [0.1, 0.15) is 6.10 Å². The van der Waals surface area contributed by atoms with E-state index in [4.69, 9.17) is 15.6 Å². The van der Waals surface area contributed by atoms with Gasteiger partial charge in [-0.1, -0.05) is 5.21 Å². The molecular formula is C8H12N4O3. The van der Waals surface area contributed by atoms with Crippen molar-refractivity contribution in [1.29, 1.82) is 0 Å². The molecule has 0 aromatic carbocycles. The van der Waals surface area contributed by atoms with Crippen LogP contribution in [0.1, 0.15) is 24.6 Å². The molecule has 0 saturated heterocycles. The Morgan fingerprint density at radius 2 is 2.47 bits per heavy atom. The van der Waals surface area contributed by atoms with Crippen molar-refractivity contribution >= 4 is 6.09 Å². The minimum absolute atomic E-state index is 0.0924. The van der Waals surface area contributed by atoms with Crippen molar-refractivity contribution in [2.75, 3.05) is 0 Å². The van der Waals surface area contributed by atoms with Gasteiger partial charge in [-0.15, -0.1) is 5.10 Å². The van der Waals surface area contributed by atoms with Crippen molar-refractivity contribution in [3.63, 3.8) is 0 Å². The van der Waals surface area contributed by atoms with Gasteiger partial charge in [-0.25, -0.2) is 9.48 Å². The summed E-state index contributed by atoms with van der Waals surface area (Å²) >= 11 is 0. The average molecular weight is 212 g/mol. The smallest absolute Gasteiger partial charge is 0.404 e. The summed E-state index contributed by atoms with van der Waals surface area (Å²) in [7, 11) is 0. The Bertz CT molecular complexity index is 359. The van der Waals surface area contributed by atoms with Crippen molar-refractivity contribution in [2.45, 2.75) is 31.6 Å². The van der Waals surface area contributed by atoms with E-state index in [-0.39, 0.29) is 18.8 Å². The van der Waals surface area contributed by atoms with E-state index < -0.39 is 6.09 Å². The van der Waals surface area contributed by atoms with E-state index in [0.29, 0.717) is 18.5 Å². The third-order valence-corrected chi connectivity index (χ3v) is 2.51. The highest BCUT2D eigenvalue weighted by Crippen LogP contribution is 2.34. The fourth-order valence-electron chi connectivity index (χ4n) is 1.68. The van der Waals surface area contributed by atoms with Crippen LogP contribution in [-0.2, 0) is 11.3 Å². The molecule has 3 N–H and O–H groups in total. The molecule has 7 heteroatoms. The zero-order valence-corrected chi connectivity index (χ0v) is 8.04. The van der Waals surface area contributed by atoms with Crippen molar-refractivity contribution in [3.8, 4) is 0 Å². The first-order chi connectivity index (χ1) is 7.20. The zero-order chi connectivity index (χ0) is 10.8. The molecule has 1 saturated carbocycles. The summed E-state index contributed by atoms with van der Waals surface area (Å²) < 4.78 is 6.46. The van der Waals surface area contributed by atoms with E-state index in [9.17, 15) is 4.79 Å². The third kappa shape index (κ3) is 1.91. The number of aliphatic hydroxyl groups is 1. The lowest BCUT2D eigenvalue weighted by atomic mass is 9.89. The Morgan fingerprint density at radius 1 is 1.73 bits per heavy atom. The second-order valence-corrected chi connectivity index (χ2v) is 3.51. The highest BCUT2D eigenvalue weighted by Gasteiger charge is 2.34. The molecule has 0 aliphatic heterocycles. The molecule has 2 rings (SSSR count). The fourth-order valence-corrected chi connectivity index (χ4v) is 1.68. The molecule has 1 aliphatic carbocycles. The minimum Gasteiger partial charge on any atom is -0.446 e. The molecule has 1 heterocycles. The van der Waals surface area contributed by atoms with Crippen LogP contribution in [0.25, 0.3) is 0 Å². The number of primary amides is 1. The molecule has 0 bridgehead atoms. The van der Waals surface area contributed by atoms with E-state index >= 15 is 0 Å². The summed E-state index contributed by atoms with van der Waals surface area (Å²) in [5.74, 6) is 0.